The first-order valence-corrected chi connectivity index (χ1v) is 11.6. The van der Waals surface area contributed by atoms with E-state index in [0.717, 1.165) is 37.0 Å². The Bertz CT molecular complexity index is 1140. The minimum atomic E-state index is -1.40. The SMILES string of the molecule is C=C1[C@H]2CC[C@@]3(C=CC(=O)[C@@](C)(CCC(=O)Nc4c(O)ccc(C(=O)O)c4O)[C@@H]3C2)C1(OC)OC. The number of fused-ring (bicyclic) bond motifs is 2. The van der Waals surface area contributed by atoms with Crippen LogP contribution in [0.3, 0.4) is 0 Å². The second kappa shape index (κ2) is 8.49. The molecule has 0 radical (unpaired) electrons. The quantitative estimate of drug-likeness (QED) is 0.261. The molecule has 9 heteroatoms. The summed E-state index contributed by atoms with van der Waals surface area (Å²) in [6.45, 7) is 6.14. The van der Waals surface area contributed by atoms with Crippen LogP contribution in [0, 0.1) is 22.7 Å². The highest BCUT2D eigenvalue weighted by molar-refractivity contribution is 6.00. The number of nitrogens with one attached hydrogen (secondary N) is 1. The van der Waals surface area contributed by atoms with Crippen molar-refractivity contribution in [1.29, 1.82) is 0 Å². The molecule has 4 atom stereocenters. The van der Waals surface area contributed by atoms with Crippen molar-refractivity contribution in [2.24, 2.45) is 22.7 Å². The summed E-state index contributed by atoms with van der Waals surface area (Å²) in [5, 5.41) is 31.8. The largest absolute Gasteiger partial charge is 0.506 e. The number of hydrogen-bond acceptors (Lipinski definition) is 7. The van der Waals surface area contributed by atoms with E-state index in [-0.39, 0.29) is 36.1 Å². The van der Waals surface area contributed by atoms with Crippen molar-refractivity contribution in [2.75, 3.05) is 19.5 Å². The molecule has 35 heavy (non-hydrogen) atoms. The van der Waals surface area contributed by atoms with E-state index >= 15 is 0 Å². The summed E-state index contributed by atoms with van der Waals surface area (Å²) in [6.07, 6.45) is 5.99. The molecule has 3 saturated carbocycles. The average molecular weight is 486 g/mol. The predicted octanol–water partition coefficient (Wildman–Crippen LogP) is 3.62. The third-order valence-corrected chi connectivity index (χ3v) is 8.54. The number of ketones is 1. The van der Waals surface area contributed by atoms with Gasteiger partial charge < -0.3 is 30.1 Å². The number of allylic oxidation sites excluding steroid dienone is 1. The number of benzene rings is 1. The highest BCUT2D eigenvalue weighted by Gasteiger charge is 2.69. The maximum atomic E-state index is 13.2. The van der Waals surface area contributed by atoms with E-state index in [9.17, 15) is 29.7 Å². The number of amides is 1. The lowest BCUT2D eigenvalue weighted by Crippen LogP contribution is -2.67. The Morgan fingerprint density at radius 1 is 1.23 bits per heavy atom. The van der Waals surface area contributed by atoms with Crippen LogP contribution < -0.4 is 5.32 Å². The Morgan fingerprint density at radius 2 is 1.91 bits per heavy atom. The van der Waals surface area contributed by atoms with E-state index in [1.165, 1.54) is 0 Å². The van der Waals surface area contributed by atoms with Crippen LogP contribution in [0.15, 0.2) is 36.4 Å². The topological polar surface area (TPSA) is 142 Å². The number of anilines is 1. The number of phenols is 2. The van der Waals surface area contributed by atoms with Crippen LogP contribution in [0.2, 0.25) is 0 Å². The molecule has 1 aromatic carbocycles. The van der Waals surface area contributed by atoms with E-state index in [1.807, 2.05) is 13.0 Å². The van der Waals surface area contributed by atoms with Gasteiger partial charge in [-0.05, 0) is 61.3 Å². The molecule has 9 nitrogen and oxygen atoms in total. The first-order valence-electron chi connectivity index (χ1n) is 11.6. The monoisotopic (exact) mass is 485 g/mol. The number of phenolic OH excluding ortho intramolecular Hbond substituents is 1. The lowest BCUT2D eigenvalue weighted by Gasteiger charge is -2.66. The normalized spacial score (nSPS) is 30.7. The molecular formula is C26H31NO8. The van der Waals surface area contributed by atoms with Crippen LogP contribution in [0.25, 0.3) is 0 Å². The van der Waals surface area contributed by atoms with Crippen molar-refractivity contribution >= 4 is 23.3 Å². The van der Waals surface area contributed by atoms with Gasteiger partial charge in [0.25, 0.3) is 0 Å². The zero-order valence-electron chi connectivity index (χ0n) is 20.1. The highest BCUT2D eigenvalue weighted by Crippen LogP contribution is 2.69. The third kappa shape index (κ3) is 3.40. The zero-order chi connectivity index (χ0) is 25.8. The fraction of sp³-hybridized carbons (Fsp3) is 0.500. The Morgan fingerprint density at radius 3 is 2.54 bits per heavy atom. The summed E-state index contributed by atoms with van der Waals surface area (Å²) in [6, 6.07) is 2.13. The predicted molar refractivity (Wildman–Crippen MR) is 126 cm³/mol. The van der Waals surface area contributed by atoms with Gasteiger partial charge in [-0.1, -0.05) is 19.6 Å². The molecule has 2 bridgehead atoms. The van der Waals surface area contributed by atoms with Gasteiger partial charge in [0.2, 0.25) is 5.91 Å². The molecule has 0 heterocycles. The second-order valence-corrected chi connectivity index (χ2v) is 9.94. The molecule has 0 aromatic heterocycles. The number of aromatic hydroxyl groups is 2. The van der Waals surface area contributed by atoms with Crippen LogP contribution in [-0.2, 0) is 19.1 Å². The number of hydrogen-bond donors (Lipinski definition) is 4. The van der Waals surface area contributed by atoms with E-state index < -0.39 is 45.6 Å². The molecule has 4 aliphatic rings. The fourth-order valence-electron chi connectivity index (χ4n) is 6.68. The summed E-state index contributed by atoms with van der Waals surface area (Å²) in [7, 11) is 3.17. The van der Waals surface area contributed by atoms with Crippen molar-refractivity contribution < 1.29 is 39.2 Å². The highest BCUT2D eigenvalue weighted by atomic mass is 16.7. The maximum Gasteiger partial charge on any atom is 0.339 e. The second-order valence-electron chi connectivity index (χ2n) is 9.94. The van der Waals surface area contributed by atoms with Crippen molar-refractivity contribution in [1.82, 2.24) is 0 Å². The van der Waals surface area contributed by atoms with Crippen molar-refractivity contribution in [3.63, 3.8) is 0 Å². The Labute approximate surface area is 203 Å². The van der Waals surface area contributed by atoms with Crippen LogP contribution in [-0.4, -0.2) is 53.0 Å². The van der Waals surface area contributed by atoms with Gasteiger partial charge in [0.05, 0.1) is 5.41 Å². The number of rotatable bonds is 7. The summed E-state index contributed by atoms with van der Waals surface area (Å²) in [5.74, 6) is -4.33. The number of methoxy groups -OCH3 is 2. The van der Waals surface area contributed by atoms with Crippen molar-refractivity contribution in [3.05, 3.63) is 42.0 Å². The lowest BCUT2D eigenvalue weighted by atomic mass is 9.42. The molecule has 3 fully saturated rings. The molecule has 4 aliphatic carbocycles. The molecular weight excluding hydrogens is 454 g/mol. The van der Waals surface area contributed by atoms with Gasteiger partial charge in [0.15, 0.2) is 17.3 Å². The molecule has 5 rings (SSSR count). The first-order chi connectivity index (χ1) is 16.5. The number of carboxylic acid groups (broad SMARTS) is 1. The smallest absolute Gasteiger partial charge is 0.339 e. The van der Waals surface area contributed by atoms with Gasteiger partial charge in [-0.15, -0.1) is 0 Å². The molecule has 1 amide bonds. The summed E-state index contributed by atoms with van der Waals surface area (Å²) >= 11 is 0. The summed E-state index contributed by atoms with van der Waals surface area (Å²) in [4.78, 5) is 37.3. The molecule has 188 valence electrons. The number of aromatic carboxylic acids is 1. The van der Waals surface area contributed by atoms with Gasteiger partial charge in [-0.3, -0.25) is 9.59 Å². The first kappa shape index (κ1) is 24.9. The van der Waals surface area contributed by atoms with Gasteiger partial charge in [-0.2, -0.15) is 0 Å². The standard InChI is InChI=1S/C26H31NO8/c1-14-15-7-11-25(26(14,34-3)35-4)12-8-19(29)24(2,18(25)13-15)10-9-20(30)27-21-17(28)6-5-16(22(21)31)23(32)33/h5-6,8,12,15,18,28,31H,1,7,9-11,13H2,2-4H3,(H,27,30)(H,32,33)/t15-,18-,24-,25-/m0/s1. The van der Waals surface area contributed by atoms with Crippen LogP contribution in [0.1, 0.15) is 49.4 Å². The summed E-state index contributed by atoms with van der Waals surface area (Å²) in [5.41, 5.74) is -1.45. The number of carbonyl (C=O) groups is 3. The molecule has 1 aromatic rings. The van der Waals surface area contributed by atoms with Crippen molar-refractivity contribution in [2.45, 2.75) is 44.8 Å². The number of ether oxygens (including phenoxy) is 2. The van der Waals surface area contributed by atoms with Crippen LogP contribution in [0.5, 0.6) is 11.5 Å². The Hall–Kier alpha value is -3.17. The van der Waals surface area contributed by atoms with E-state index in [2.05, 4.69) is 11.9 Å². The van der Waals surface area contributed by atoms with E-state index in [0.29, 0.717) is 0 Å². The third-order valence-electron chi connectivity index (χ3n) is 8.54. The Kier molecular flexibility index (Phi) is 6.05. The minimum Gasteiger partial charge on any atom is -0.506 e. The maximum absolute atomic E-state index is 13.2. The molecule has 1 spiro atoms. The van der Waals surface area contributed by atoms with E-state index in [1.54, 1.807) is 20.3 Å². The van der Waals surface area contributed by atoms with E-state index in [4.69, 9.17) is 9.47 Å². The summed E-state index contributed by atoms with van der Waals surface area (Å²) < 4.78 is 11.9. The average Bonchev–Trinajstić information content (AvgIpc) is 2.83. The molecule has 0 saturated heterocycles. The Balaban J connectivity index is 1.60. The number of carbonyl (C=O) groups excluding carboxylic acids is 2. The van der Waals surface area contributed by atoms with Crippen LogP contribution >= 0.6 is 0 Å². The zero-order valence-corrected chi connectivity index (χ0v) is 20.1. The lowest BCUT2D eigenvalue weighted by molar-refractivity contribution is -0.293. The van der Waals surface area contributed by atoms with Gasteiger partial charge in [-0.25, -0.2) is 4.79 Å². The number of carboxylic acids is 1. The molecule has 0 aliphatic heterocycles. The molecule has 4 N–H and O–H groups in total. The van der Waals surface area contributed by atoms with Gasteiger partial charge in [0, 0.05) is 26.1 Å². The minimum absolute atomic E-state index is 0.0845. The van der Waals surface area contributed by atoms with Gasteiger partial charge in [0.1, 0.15) is 17.0 Å². The van der Waals surface area contributed by atoms with Crippen molar-refractivity contribution in [3.8, 4) is 11.5 Å². The fourth-order valence-corrected chi connectivity index (χ4v) is 6.68. The van der Waals surface area contributed by atoms with Crippen LogP contribution in [0.4, 0.5) is 5.69 Å². The van der Waals surface area contributed by atoms with Gasteiger partial charge >= 0.3 is 5.97 Å². The molecule has 0 unspecified atom stereocenters.